The van der Waals surface area contributed by atoms with Crippen LogP contribution in [-0.2, 0) is 9.59 Å². The Hall–Kier alpha value is -4.43. The smallest absolute Gasteiger partial charge is 0.303 e. The third-order valence-electron chi connectivity index (χ3n) is 7.07. The lowest BCUT2D eigenvalue weighted by atomic mass is 9.91. The third-order valence-corrected chi connectivity index (χ3v) is 7.30. The van der Waals surface area contributed by atoms with Crippen LogP contribution >= 0.6 is 11.6 Å². The number of anilines is 1. The maximum atomic E-state index is 13.6. The van der Waals surface area contributed by atoms with E-state index in [1.165, 1.54) is 5.01 Å². The first-order valence-corrected chi connectivity index (χ1v) is 13.4. The molecular formula is C31H29ClN4O4. The Morgan fingerprint density at radius 2 is 1.75 bits per heavy atom. The van der Waals surface area contributed by atoms with Gasteiger partial charge in [0.15, 0.2) is 0 Å². The molecule has 9 heteroatoms. The molecule has 204 valence electrons. The third kappa shape index (κ3) is 5.49. The summed E-state index contributed by atoms with van der Waals surface area (Å²) in [4.78, 5) is 43.0. The molecule has 8 nitrogen and oxygen atoms in total. The van der Waals surface area contributed by atoms with Gasteiger partial charge >= 0.3 is 5.97 Å². The number of carboxylic acids is 1. The number of fused-ring (bicyclic) bond motifs is 1. The molecule has 1 aliphatic heterocycles. The van der Waals surface area contributed by atoms with Crippen LogP contribution in [0.3, 0.4) is 0 Å². The molecule has 3 aromatic carbocycles. The number of carbonyl (C=O) groups is 2. The zero-order valence-corrected chi connectivity index (χ0v) is 23.0. The molecule has 0 saturated heterocycles. The van der Waals surface area contributed by atoms with E-state index < -0.39 is 12.0 Å². The highest BCUT2D eigenvalue weighted by Crippen LogP contribution is 2.38. The van der Waals surface area contributed by atoms with E-state index in [2.05, 4.69) is 4.98 Å². The lowest BCUT2D eigenvalue weighted by Crippen LogP contribution is -2.27. The first-order valence-electron chi connectivity index (χ1n) is 13.0. The number of halogens is 1. The van der Waals surface area contributed by atoms with Crippen molar-refractivity contribution in [1.82, 2.24) is 9.99 Å². The van der Waals surface area contributed by atoms with E-state index in [9.17, 15) is 14.4 Å². The topological polar surface area (TPSA) is 106 Å². The molecule has 0 radical (unpaired) electrons. The zero-order valence-electron chi connectivity index (χ0n) is 22.2. The van der Waals surface area contributed by atoms with Gasteiger partial charge in [0.25, 0.3) is 5.56 Å². The Morgan fingerprint density at radius 3 is 2.42 bits per heavy atom. The molecule has 1 aromatic heterocycles. The van der Waals surface area contributed by atoms with Crippen molar-refractivity contribution < 1.29 is 14.7 Å². The van der Waals surface area contributed by atoms with Gasteiger partial charge in [-0.2, -0.15) is 5.10 Å². The predicted octanol–water partition coefficient (Wildman–Crippen LogP) is 5.85. The molecule has 4 aromatic rings. The number of H-pyrrole nitrogens is 1. The Bertz CT molecular complexity index is 1660. The van der Waals surface area contributed by atoms with Crippen molar-refractivity contribution in [3.8, 4) is 11.1 Å². The number of carboxylic acid groups (broad SMARTS) is 1. The van der Waals surface area contributed by atoms with E-state index in [0.29, 0.717) is 33.8 Å². The lowest BCUT2D eigenvalue weighted by molar-refractivity contribution is -0.137. The summed E-state index contributed by atoms with van der Waals surface area (Å²) in [6, 6.07) is 22.3. The van der Waals surface area contributed by atoms with Crippen LogP contribution in [0.4, 0.5) is 5.69 Å². The van der Waals surface area contributed by atoms with Gasteiger partial charge in [0.2, 0.25) is 5.91 Å². The quantitative estimate of drug-likeness (QED) is 0.283. The number of aliphatic carboxylic acids is 1. The second-order valence-corrected chi connectivity index (χ2v) is 10.4. The number of rotatable bonds is 8. The van der Waals surface area contributed by atoms with Crippen LogP contribution in [0.25, 0.3) is 22.0 Å². The summed E-state index contributed by atoms with van der Waals surface area (Å²) in [6.45, 7) is 0. The molecule has 1 aliphatic rings. The molecular weight excluding hydrogens is 528 g/mol. The van der Waals surface area contributed by atoms with Crippen molar-refractivity contribution in [2.24, 2.45) is 5.10 Å². The average molecular weight is 557 g/mol. The van der Waals surface area contributed by atoms with Gasteiger partial charge in [-0.1, -0.05) is 54.1 Å². The minimum absolute atomic E-state index is 0.0323. The largest absolute Gasteiger partial charge is 0.481 e. The second kappa shape index (κ2) is 11.4. The number of carbonyl (C=O) groups excluding carboxylic acids is 1. The minimum Gasteiger partial charge on any atom is -0.481 e. The fourth-order valence-corrected chi connectivity index (χ4v) is 5.27. The van der Waals surface area contributed by atoms with E-state index in [-0.39, 0.29) is 30.7 Å². The summed E-state index contributed by atoms with van der Waals surface area (Å²) < 4.78 is 0. The van der Waals surface area contributed by atoms with E-state index in [0.717, 1.165) is 22.2 Å². The van der Waals surface area contributed by atoms with Crippen LogP contribution in [0.15, 0.2) is 82.7 Å². The maximum absolute atomic E-state index is 13.6. The number of hydrogen-bond acceptors (Lipinski definition) is 5. The van der Waals surface area contributed by atoms with E-state index in [1.807, 2.05) is 79.7 Å². The highest BCUT2D eigenvalue weighted by Gasteiger charge is 2.35. The van der Waals surface area contributed by atoms with Gasteiger partial charge in [-0.15, -0.1) is 0 Å². The van der Waals surface area contributed by atoms with Crippen LogP contribution in [-0.4, -0.2) is 46.8 Å². The van der Waals surface area contributed by atoms with Gasteiger partial charge in [0.05, 0.1) is 17.3 Å². The summed E-state index contributed by atoms with van der Waals surface area (Å²) in [7, 11) is 3.90. The summed E-state index contributed by atoms with van der Waals surface area (Å²) in [5.74, 6) is -1.25. The predicted molar refractivity (Wildman–Crippen MR) is 158 cm³/mol. The monoisotopic (exact) mass is 556 g/mol. The van der Waals surface area contributed by atoms with Crippen LogP contribution in [0.5, 0.6) is 0 Å². The average Bonchev–Trinajstić information content (AvgIpc) is 3.38. The van der Waals surface area contributed by atoms with Gasteiger partial charge < -0.3 is 15.0 Å². The molecule has 0 fully saturated rings. The van der Waals surface area contributed by atoms with E-state index >= 15 is 0 Å². The minimum atomic E-state index is -0.955. The Labute approximate surface area is 236 Å². The van der Waals surface area contributed by atoms with Crippen molar-refractivity contribution >= 4 is 45.8 Å². The van der Waals surface area contributed by atoms with Crippen molar-refractivity contribution in [3.63, 3.8) is 0 Å². The molecule has 1 amide bonds. The molecule has 40 heavy (non-hydrogen) atoms. The number of hydrogen-bond donors (Lipinski definition) is 2. The fourth-order valence-electron chi connectivity index (χ4n) is 5.10. The molecule has 1 atom stereocenters. The summed E-state index contributed by atoms with van der Waals surface area (Å²) in [5.41, 5.74) is 4.61. The number of aromatic nitrogens is 1. The lowest BCUT2D eigenvalue weighted by Gasteiger charge is -2.23. The SMILES string of the molecule is CN(C)c1ccc(C2CC(c3c(-c4ccccc4)c4cc(Cl)ccc4[nH]c3=O)=NN2C(=O)CCCC(=O)O)cc1. The Kier molecular flexibility index (Phi) is 7.71. The molecule has 2 N–H and O–H groups in total. The first-order chi connectivity index (χ1) is 19.2. The Balaban J connectivity index is 1.64. The molecule has 0 saturated carbocycles. The Morgan fingerprint density at radius 1 is 1.02 bits per heavy atom. The summed E-state index contributed by atoms with van der Waals surface area (Å²) >= 11 is 6.38. The van der Waals surface area contributed by atoms with Gasteiger partial charge in [0, 0.05) is 60.5 Å². The zero-order chi connectivity index (χ0) is 28.4. The molecule has 0 bridgehead atoms. The van der Waals surface area contributed by atoms with E-state index in [1.54, 1.807) is 12.1 Å². The van der Waals surface area contributed by atoms with E-state index in [4.69, 9.17) is 21.8 Å². The molecule has 0 aliphatic carbocycles. The van der Waals surface area contributed by atoms with Crippen LogP contribution in [0.2, 0.25) is 5.02 Å². The standard InChI is InChI=1S/C31H29ClN4O4/c1-35(2)22-14-11-19(12-15-22)26-18-25(34-36(26)27(37)9-6-10-28(38)39)30-29(20-7-4-3-5-8-20)23-17-21(32)13-16-24(23)33-31(30)40/h3-5,7-8,11-17,26H,6,9-10,18H2,1-2H3,(H,33,40)(H,38,39). The molecule has 0 spiro atoms. The number of amides is 1. The van der Waals surface area contributed by atoms with Gasteiger partial charge in [-0.05, 0) is 47.9 Å². The number of hydrazone groups is 1. The normalized spacial score (nSPS) is 14.8. The maximum Gasteiger partial charge on any atom is 0.303 e. The van der Waals surface area contributed by atoms with Crippen molar-refractivity contribution in [2.45, 2.75) is 31.7 Å². The van der Waals surface area contributed by atoms with Crippen LogP contribution < -0.4 is 10.5 Å². The molecule has 2 heterocycles. The van der Waals surface area contributed by atoms with Crippen molar-refractivity contribution in [3.05, 3.63) is 99.3 Å². The van der Waals surface area contributed by atoms with Crippen LogP contribution in [0.1, 0.15) is 42.9 Å². The van der Waals surface area contributed by atoms with Gasteiger partial charge in [-0.3, -0.25) is 14.4 Å². The van der Waals surface area contributed by atoms with Gasteiger partial charge in [0.1, 0.15) is 0 Å². The number of nitrogens with one attached hydrogen (secondary N) is 1. The number of aromatic amines is 1. The summed E-state index contributed by atoms with van der Waals surface area (Å²) in [6.07, 6.45) is 0.444. The van der Waals surface area contributed by atoms with Crippen LogP contribution in [0, 0.1) is 0 Å². The van der Waals surface area contributed by atoms with Gasteiger partial charge in [-0.25, -0.2) is 5.01 Å². The number of benzene rings is 3. The van der Waals surface area contributed by atoms with Crippen molar-refractivity contribution in [2.75, 3.05) is 19.0 Å². The molecule has 5 rings (SSSR count). The summed E-state index contributed by atoms with van der Waals surface area (Å²) in [5, 5.41) is 16.5. The highest BCUT2D eigenvalue weighted by molar-refractivity contribution is 6.31. The fraction of sp³-hybridized carbons (Fsp3) is 0.226. The van der Waals surface area contributed by atoms with Crippen molar-refractivity contribution in [1.29, 1.82) is 0 Å². The number of nitrogens with zero attached hydrogens (tertiary/aromatic N) is 3. The number of pyridine rings is 1. The second-order valence-electron chi connectivity index (χ2n) is 10.00. The molecule has 1 unspecified atom stereocenters. The first kappa shape index (κ1) is 27.1. The highest BCUT2D eigenvalue weighted by atomic mass is 35.5.